The number of hydrogen-bond donors (Lipinski definition) is 0. The van der Waals surface area contributed by atoms with Gasteiger partial charge >= 0.3 is 6.18 Å². The summed E-state index contributed by atoms with van der Waals surface area (Å²) in [6, 6.07) is 3.65. The second-order valence-corrected chi connectivity index (χ2v) is 5.65. The van der Waals surface area contributed by atoms with E-state index in [2.05, 4.69) is 15.9 Å². The van der Waals surface area contributed by atoms with Gasteiger partial charge in [-0.15, -0.1) is 11.6 Å². The Morgan fingerprint density at radius 1 is 1.39 bits per heavy atom. The lowest BCUT2D eigenvalue weighted by atomic mass is 10.0. The maximum absolute atomic E-state index is 12.2. The van der Waals surface area contributed by atoms with Gasteiger partial charge in [-0.25, -0.2) is 0 Å². The molecule has 1 atom stereocenters. The quantitative estimate of drug-likeness (QED) is 0.701. The molecule has 0 bridgehead atoms. The minimum Gasteiger partial charge on any atom is -0.493 e. The van der Waals surface area contributed by atoms with Crippen LogP contribution in [0.2, 0.25) is 0 Å². The molecule has 2 rings (SSSR count). The van der Waals surface area contributed by atoms with Crippen molar-refractivity contribution in [2.45, 2.75) is 30.8 Å². The first kappa shape index (κ1) is 14.0. The Bertz CT molecular complexity index is 448. The maximum Gasteiger partial charge on any atom is 0.389 e. The molecule has 0 N–H and O–H groups in total. The minimum atomic E-state index is -4.18. The van der Waals surface area contributed by atoms with Gasteiger partial charge in [0.25, 0.3) is 0 Å². The van der Waals surface area contributed by atoms with Gasteiger partial charge in [-0.05, 0) is 24.1 Å². The van der Waals surface area contributed by atoms with Crippen LogP contribution in [0.5, 0.6) is 5.75 Å². The number of hydrogen-bond acceptors (Lipinski definition) is 1. The van der Waals surface area contributed by atoms with Crippen LogP contribution in [-0.4, -0.2) is 12.8 Å². The molecule has 0 saturated carbocycles. The van der Waals surface area contributed by atoms with E-state index in [1.165, 1.54) is 0 Å². The van der Waals surface area contributed by atoms with Crippen molar-refractivity contribution in [1.29, 1.82) is 0 Å². The molecule has 18 heavy (non-hydrogen) atoms. The molecule has 1 aromatic carbocycles. The lowest BCUT2D eigenvalue weighted by Gasteiger charge is -2.15. The molecule has 0 aromatic heterocycles. The highest BCUT2D eigenvalue weighted by Gasteiger charge is 2.30. The van der Waals surface area contributed by atoms with Gasteiger partial charge < -0.3 is 4.74 Å². The summed E-state index contributed by atoms with van der Waals surface area (Å²) >= 11 is 9.41. The topological polar surface area (TPSA) is 9.23 Å². The summed E-state index contributed by atoms with van der Waals surface area (Å²) in [5.41, 5.74) is 1.64. The SMILES string of the molecule is FC(F)(F)CCC(Cl)c1cc(Br)cc2c1OCC2. The lowest BCUT2D eigenvalue weighted by molar-refractivity contribution is -0.135. The molecule has 0 radical (unpaired) electrons. The molecule has 1 aliphatic heterocycles. The number of halogens is 5. The lowest BCUT2D eigenvalue weighted by Crippen LogP contribution is -2.08. The number of benzene rings is 1. The van der Waals surface area contributed by atoms with E-state index in [1.807, 2.05) is 6.07 Å². The Labute approximate surface area is 116 Å². The zero-order valence-corrected chi connectivity index (χ0v) is 11.7. The summed E-state index contributed by atoms with van der Waals surface area (Å²) in [5, 5.41) is -0.684. The van der Waals surface area contributed by atoms with Crippen molar-refractivity contribution in [3.8, 4) is 5.75 Å². The molecule has 1 heterocycles. The Balaban J connectivity index is 2.18. The van der Waals surface area contributed by atoms with E-state index in [-0.39, 0.29) is 6.42 Å². The first-order valence-electron chi connectivity index (χ1n) is 5.53. The van der Waals surface area contributed by atoms with Gasteiger partial charge in [0, 0.05) is 22.9 Å². The molecule has 6 heteroatoms. The third-order valence-electron chi connectivity index (χ3n) is 2.80. The second-order valence-electron chi connectivity index (χ2n) is 4.20. The van der Waals surface area contributed by atoms with Crippen LogP contribution in [0.1, 0.15) is 29.3 Å². The van der Waals surface area contributed by atoms with E-state index in [9.17, 15) is 13.2 Å². The molecule has 0 spiro atoms. The number of alkyl halides is 4. The van der Waals surface area contributed by atoms with Crippen LogP contribution in [0, 0.1) is 0 Å². The average Bonchev–Trinajstić information content (AvgIpc) is 2.71. The highest BCUT2D eigenvalue weighted by Crippen LogP contribution is 2.41. The van der Waals surface area contributed by atoms with Gasteiger partial charge in [0.2, 0.25) is 0 Å². The third kappa shape index (κ3) is 3.32. The van der Waals surface area contributed by atoms with E-state index in [1.54, 1.807) is 6.07 Å². The molecule has 1 nitrogen and oxygen atoms in total. The second kappa shape index (κ2) is 5.29. The Morgan fingerprint density at radius 2 is 2.11 bits per heavy atom. The summed E-state index contributed by atoms with van der Waals surface area (Å²) < 4.78 is 42.8. The highest BCUT2D eigenvalue weighted by molar-refractivity contribution is 9.10. The third-order valence-corrected chi connectivity index (χ3v) is 3.71. The highest BCUT2D eigenvalue weighted by atomic mass is 79.9. The van der Waals surface area contributed by atoms with Crippen molar-refractivity contribution in [3.05, 3.63) is 27.7 Å². The maximum atomic E-state index is 12.2. The number of fused-ring (bicyclic) bond motifs is 1. The summed E-state index contributed by atoms with van der Waals surface area (Å²) in [6.45, 7) is 0.557. The molecule has 100 valence electrons. The molecule has 0 fully saturated rings. The zero-order valence-electron chi connectivity index (χ0n) is 9.36. The number of ether oxygens (including phenoxy) is 1. The van der Waals surface area contributed by atoms with Gasteiger partial charge in [0.05, 0.1) is 12.0 Å². The summed E-state index contributed by atoms with van der Waals surface area (Å²) in [5.74, 6) is 0.653. The largest absolute Gasteiger partial charge is 0.493 e. The van der Waals surface area contributed by atoms with Gasteiger partial charge in [-0.1, -0.05) is 15.9 Å². The van der Waals surface area contributed by atoms with Gasteiger partial charge in [-0.2, -0.15) is 13.2 Å². The fourth-order valence-corrected chi connectivity index (χ4v) is 2.77. The van der Waals surface area contributed by atoms with Crippen molar-refractivity contribution >= 4 is 27.5 Å². The normalized spacial score (nSPS) is 16.3. The summed E-state index contributed by atoms with van der Waals surface area (Å²) in [6.07, 6.45) is -4.44. The van der Waals surface area contributed by atoms with Crippen molar-refractivity contribution in [3.63, 3.8) is 0 Å². The fourth-order valence-electron chi connectivity index (χ4n) is 1.98. The zero-order chi connectivity index (χ0) is 13.3. The van der Waals surface area contributed by atoms with Gasteiger partial charge in [-0.3, -0.25) is 0 Å². The van der Waals surface area contributed by atoms with Crippen molar-refractivity contribution in [1.82, 2.24) is 0 Å². The average molecular weight is 344 g/mol. The van der Waals surface area contributed by atoms with Crippen LogP contribution >= 0.6 is 27.5 Å². The predicted molar refractivity (Wildman–Crippen MR) is 67.2 cm³/mol. The van der Waals surface area contributed by atoms with Crippen molar-refractivity contribution < 1.29 is 17.9 Å². The van der Waals surface area contributed by atoms with E-state index in [4.69, 9.17) is 16.3 Å². The van der Waals surface area contributed by atoms with Crippen LogP contribution < -0.4 is 4.74 Å². The molecular weight excluding hydrogens is 332 g/mol. The fraction of sp³-hybridized carbons (Fsp3) is 0.500. The van der Waals surface area contributed by atoms with E-state index >= 15 is 0 Å². The van der Waals surface area contributed by atoms with Gasteiger partial charge in [0.1, 0.15) is 5.75 Å². The summed E-state index contributed by atoms with van der Waals surface area (Å²) in [4.78, 5) is 0. The molecule has 0 amide bonds. The van der Waals surface area contributed by atoms with E-state index < -0.39 is 18.0 Å². The molecule has 1 unspecified atom stereocenters. The molecule has 0 saturated heterocycles. The Kier molecular flexibility index (Phi) is 4.11. The van der Waals surface area contributed by atoms with E-state index in [0.717, 1.165) is 16.5 Å². The monoisotopic (exact) mass is 342 g/mol. The van der Waals surface area contributed by atoms with Crippen LogP contribution in [0.15, 0.2) is 16.6 Å². The number of rotatable bonds is 3. The molecular formula is C12H11BrClF3O. The van der Waals surface area contributed by atoms with E-state index in [0.29, 0.717) is 17.9 Å². The molecule has 1 aliphatic rings. The standard InChI is InChI=1S/C12H11BrClF3O/c13-8-5-7-2-4-18-11(7)9(6-8)10(14)1-3-12(15,16)17/h5-6,10H,1-4H2. The van der Waals surface area contributed by atoms with Crippen molar-refractivity contribution in [2.24, 2.45) is 0 Å². The molecule has 1 aromatic rings. The summed E-state index contributed by atoms with van der Waals surface area (Å²) in [7, 11) is 0. The Morgan fingerprint density at radius 3 is 2.78 bits per heavy atom. The van der Waals surface area contributed by atoms with Crippen LogP contribution in [-0.2, 0) is 6.42 Å². The van der Waals surface area contributed by atoms with Crippen LogP contribution in [0.25, 0.3) is 0 Å². The van der Waals surface area contributed by atoms with Gasteiger partial charge in [0.15, 0.2) is 0 Å². The minimum absolute atomic E-state index is 0.142. The van der Waals surface area contributed by atoms with Crippen molar-refractivity contribution in [2.75, 3.05) is 6.61 Å². The first-order chi connectivity index (χ1) is 8.37. The predicted octanol–water partition coefficient (Wildman–Crippen LogP) is 5.01. The first-order valence-corrected chi connectivity index (χ1v) is 6.76. The van der Waals surface area contributed by atoms with Crippen LogP contribution in [0.3, 0.4) is 0 Å². The van der Waals surface area contributed by atoms with Crippen LogP contribution in [0.4, 0.5) is 13.2 Å². The smallest absolute Gasteiger partial charge is 0.389 e. The molecule has 0 aliphatic carbocycles. The Hall–Kier alpha value is -0.420.